The van der Waals surface area contributed by atoms with Crippen LogP contribution in [0.25, 0.3) is 16.6 Å². The lowest BCUT2D eigenvalue weighted by Crippen LogP contribution is -2.40. The lowest BCUT2D eigenvalue weighted by molar-refractivity contribution is -0.385. The van der Waals surface area contributed by atoms with Crippen LogP contribution in [-0.4, -0.2) is 43.2 Å². The van der Waals surface area contributed by atoms with Crippen LogP contribution in [0.1, 0.15) is 24.5 Å². The molecule has 126 valence electrons. The molecular weight excluding hydrogens is 312 g/mol. The van der Waals surface area contributed by atoms with E-state index in [0.29, 0.717) is 24.2 Å². The molecule has 0 spiro atoms. The average molecular weight is 330 g/mol. The monoisotopic (exact) mass is 330 g/mol. The molecule has 3 heterocycles. The molecule has 1 unspecified atom stereocenters. The molecule has 2 aromatic rings. The fourth-order valence-electron chi connectivity index (χ4n) is 3.30. The second-order valence-electron chi connectivity index (χ2n) is 6.10. The first kappa shape index (κ1) is 16.0. The molecule has 8 heteroatoms. The summed E-state index contributed by atoms with van der Waals surface area (Å²) in [6, 6.07) is -0.148. The molecule has 1 aliphatic heterocycles. The van der Waals surface area contributed by atoms with E-state index in [1.807, 2.05) is 30.8 Å². The second kappa shape index (κ2) is 5.63. The van der Waals surface area contributed by atoms with Crippen LogP contribution in [0, 0.1) is 17.0 Å². The third kappa shape index (κ3) is 2.40. The van der Waals surface area contributed by atoms with Crippen molar-refractivity contribution in [3.63, 3.8) is 0 Å². The van der Waals surface area contributed by atoms with Crippen molar-refractivity contribution in [2.45, 2.75) is 26.3 Å². The quantitative estimate of drug-likeness (QED) is 0.674. The Kier molecular flexibility index (Phi) is 3.75. The fourth-order valence-corrected chi connectivity index (χ4v) is 3.30. The minimum atomic E-state index is -0.941. The molecular formula is C16H18N4O4. The Morgan fingerprint density at radius 1 is 1.50 bits per heavy atom. The molecule has 0 radical (unpaired) electrons. The number of nitro groups is 1. The van der Waals surface area contributed by atoms with Crippen LogP contribution in [0.2, 0.25) is 0 Å². The van der Waals surface area contributed by atoms with Gasteiger partial charge in [0, 0.05) is 42.3 Å². The molecule has 1 N–H and O–H groups in total. The van der Waals surface area contributed by atoms with Crippen LogP contribution in [0.5, 0.6) is 0 Å². The second-order valence-corrected chi connectivity index (χ2v) is 6.10. The molecule has 0 aromatic carbocycles. The largest absolute Gasteiger partial charge is 0.465 e. The number of aromatic nitrogens is 2. The van der Waals surface area contributed by atoms with Crippen LogP contribution >= 0.6 is 0 Å². The third-order valence-corrected chi connectivity index (χ3v) is 4.59. The molecule has 3 rings (SSSR count). The molecule has 0 fully saturated rings. The number of aryl methyl sites for hydroxylation is 2. The lowest BCUT2D eigenvalue weighted by atomic mass is 9.94. The van der Waals surface area contributed by atoms with Crippen molar-refractivity contribution in [2.75, 3.05) is 6.54 Å². The fraction of sp³-hybridized carbons (Fsp3) is 0.375. The summed E-state index contributed by atoms with van der Waals surface area (Å²) in [5.74, 6) is 0. The first-order valence-corrected chi connectivity index (χ1v) is 7.59. The van der Waals surface area contributed by atoms with Gasteiger partial charge in [-0.3, -0.25) is 10.1 Å². The number of pyridine rings is 1. The average Bonchev–Trinajstić information content (AvgIpc) is 2.85. The van der Waals surface area contributed by atoms with Gasteiger partial charge >= 0.3 is 6.09 Å². The normalized spacial score (nSPS) is 17.9. The highest BCUT2D eigenvalue weighted by Crippen LogP contribution is 2.36. The molecule has 24 heavy (non-hydrogen) atoms. The highest BCUT2D eigenvalue weighted by Gasteiger charge is 2.27. The highest BCUT2D eigenvalue weighted by molar-refractivity contribution is 5.95. The Balaban J connectivity index is 2.15. The van der Waals surface area contributed by atoms with Crippen LogP contribution < -0.4 is 0 Å². The van der Waals surface area contributed by atoms with Crippen LogP contribution in [-0.2, 0) is 7.05 Å². The van der Waals surface area contributed by atoms with Gasteiger partial charge in [0.25, 0.3) is 5.69 Å². The van der Waals surface area contributed by atoms with E-state index in [4.69, 9.17) is 0 Å². The van der Waals surface area contributed by atoms with E-state index in [1.165, 1.54) is 11.1 Å². The smallest absolute Gasteiger partial charge is 0.407 e. The number of fused-ring (bicyclic) bond motifs is 1. The number of amides is 1. The predicted octanol–water partition coefficient (Wildman–Crippen LogP) is 2.95. The summed E-state index contributed by atoms with van der Waals surface area (Å²) < 4.78 is 1.84. The summed E-state index contributed by atoms with van der Waals surface area (Å²) in [6.45, 7) is 3.89. The van der Waals surface area contributed by atoms with Crippen molar-refractivity contribution in [1.82, 2.24) is 14.5 Å². The zero-order chi connectivity index (χ0) is 17.6. The van der Waals surface area contributed by atoms with Crippen LogP contribution in [0.15, 0.2) is 18.5 Å². The van der Waals surface area contributed by atoms with Crippen LogP contribution in [0.3, 0.4) is 0 Å². The van der Waals surface area contributed by atoms with Gasteiger partial charge in [-0.1, -0.05) is 6.08 Å². The van der Waals surface area contributed by atoms with E-state index in [9.17, 15) is 20.0 Å². The van der Waals surface area contributed by atoms with Crippen LogP contribution in [0.4, 0.5) is 10.5 Å². The zero-order valence-corrected chi connectivity index (χ0v) is 13.7. The molecule has 0 saturated heterocycles. The van der Waals surface area contributed by atoms with Crippen molar-refractivity contribution in [1.29, 1.82) is 0 Å². The van der Waals surface area contributed by atoms with E-state index >= 15 is 0 Å². The minimum Gasteiger partial charge on any atom is -0.465 e. The summed E-state index contributed by atoms with van der Waals surface area (Å²) >= 11 is 0. The van der Waals surface area contributed by atoms with Gasteiger partial charge in [-0.25, -0.2) is 9.78 Å². The molecule has 0 aliphatic carbocycles. The van der Waals surface area contributed by atoms with Gasteiger partial charge in [-0.15, -0.1) is 0 Å². The third-order valence-electron chi connectivity index (χ3n) is 4.59. The van der Waals surface area contributed by atoms with Gasteiger partial charge < -0.3 is 14.6 Å². The Bertz CT molecular complexity index is 884. The Morgan fingerprint density at radius 3 is 2.79 bits per heavy atom. The lowest BCUT2D eigenvalue weighted by Gasteiger charge is -2.30. The minimum absolute atomic E-state index is 0.00781. The van der Waals surface area contributed by atoms with E-state index in [2.05, 4.69) is 4.98 Å². The number of carbonyl (C=O) groups is 1. The zero-order valence-electron chi connectivity index (χ0n) is 13.7. The van der Waals surface area contributed by atoms with Gasteiger partial charge in [-0.2, -0.15) is 0 Å². The van der Waals surface area contributed by atoms with E-state index < -0.39 is 11.0 Å². The molecule has 0 bridgehead atoms. The summed E-state index contributed by atoms with van der Waals surface area (Å²) in [5.41, 5.74) is 3.14. The van der Waals surface area contributed by atoms with Crippen molar-refractivity contribution >= 4 is 28.4 Å². The molecule has 1 aliphatic rings. The topological polar surface area (TPSA) is 102 Å². The number of hydrogen-bond acceptors (Lipinski definition) is 4. The van der Waals surface area contributed by atoms with Crippen molar-refractivity contribution in [3.8, 4) is 0 Å². The van der Waals surface area contributed by atoms with E-state index in [1.54, 1.807) is 6.92 Å². The maximum absolute atomic E-state index is 11.2. The first-order chi connectivity index (χ1) is 11.3. The van der Waals surface area contributed by atoms with Gasteiger partial charge in [0.15, 0.2) is 0 Å². The summed E-state index contributed by atoms with van der Waals surface area (Å²) in [5, 5.41) is 21.2. The summed E-state index contributed by atoms with van der Waals surface area (Å²) in [6.07, 6.45) is 4.69. The summed E-state index contributed by atoms with van der Waals surface area (Å²) in [7, 11) is 1.85. The molecule has 8 nitrogen and oxygen atoms in total. The molecule has 0 saturated carbocycles. The van der Waals surface area contributed by atoms with Gasteiger partial charge in [-0.05, 0) is 25.8 Å². The molecule has 2 aromatic heterocycles. The van der Waals surface area contributed by atoms with Crippen molar-refractivity contribution < 1.29 is 14.8 Å². The first-order valence-electron chi connectivity index (χ1n) is 7.59. The number of rotatable bonds is 2. The Labute approximate surface area is 138 Å². The van der Waals surface area contributed by atoms with Gasteiger partial charge in [0.2, 0.25) is 0 Å². The Morgan fingerprint density at radius 2 is 2.21 bits per heavy atom. The van der Waals surface area contributed by atoms with Crippen molar-refractivity contribution in [2.24, 2.45) is 7.05 Å². The number of hydrogen-bond donors (Lipinski definition) is 1. The predicted molar refractivity (Wildman–Crippen MR) is 88.9 cm³/mol. The SMILES string of the molecule is Cc1c([N+](=O)[O-])cnc2c1c(C1=CCN(C(=O)O)C(C)C1)cn2C. The molecule has 1 atom stereocenters. The number of carboxylic acid groups (broad SMARTS) is 1. The van der Waals surface area contributed by atoms with E-state index in [-0.39, 0.29) is 11.7 Å². The Hall–Kier alpha value is -2.90. The maximum Gasteiger partial charge on any atom is 0.407 e. The maximum atomic E-state index is 11.2. The van der Waals surface area contributed by atoms with Crippen molar-refractivity contribution in [3.05, 3.63) is 39.7 Å². The standard InChI is InChI=1S/C16H18N4O4/c1-9-6-11(4-5-19(9)16(21)22)12-8-18(3)15-14(12)10(2)13(7-17-15)20(23)24/h4,7-9H,5-6H2,1-3H3,(H,21,22). The summed E-state index contributed by atoms with van der Waals surface area (Å²) in [4.78, 5) is 27.6. The molecule has 1 amide bonds. The number of nitrogens with zero attached hydrogens (tertiary/aromatic N) is 4. The highest BCUT2D eigenvalue weighted by atomic mass is 16.6. The van der Waals surface area contributed by atoms with Gasteiger partial charge in [0.1, 0.15) is 11.8 Å². The van der Waals surface area contributed by atoms with E-state index in [0.717, 1.165) is 16.5 Å². The van der Waals surface area contributed by atoms with Gasteiger partial charge in [0.05, 0.1) is 4.92 Å².